The van der Waals surface area contributed by atoms with E-state index in [1.54, 1.807) is 25.6 Å². The summed E-state index contributed by atoms with van der Waals surface area (Å²) in [6.07, 6.45) is 7.24. The molecule has 2 aromatic rings. The van der Waals surface area contributed by atoms with Gasteiger partial charge in [0.25, 0.3) is 0 Å². The lowest BCUT2D eigenvalue weighted by Crippen LogP contribution is -2.43. The number of nitrogens with zero attached hydrogens (tertiary/aromatic N) is 3. The van der Waals surface area contributed by atoms with Crippen LogP contribution >= 0.6 is 0 Å². The highest BCUT2D eigenvalue weighted by molar-refractivity contribution is 5.77. The number of likely N-dealkylation sites (N-methyl/N-ethyl adjacent to an activating group) is 1. The van der Waals surface area contributed by atoms with E-state index in [0.717, 1.165) is 42.9 Å². The number of carbonyl (C=O) groups excluding carboxylic acids is 1. The highest BCUT2D eigenvalue weighted by Gasteiger charge is 2.22. The van der Waals surface area contributed by atoms with Gasteiger partial charge >= 0.3 is 0 Å². The van der Waals surface area contributed by atoms with Crippen LogP contribution < -0.4 is 10.1 Å². The molecular formula is C18H22N4O2. The van der Waals surface area contributed by atoms with Gasteiger partial charge in [0.2, 0.25) is 5.91 Å². The number of rotatable bonds is 5. The largest absolute Gasteiger partial charge is 0.488 e. The fraction of sp³-hybridized carbons (Fsp3) is 0.389. The molecule has 1 aliphatic rings. The van der Waals surface area contributed by atoms with Crippen molar-refractivity contribution in [3.8, 4) is 17.0 Å². The maximum Gasteiger partial charge on any atom is 0.233 e. The Morgan fingerprint density at radius 3 is 2.71 bits per heavy atom. The van der Waals surface area contributed by atoms with Crippen molar-refractivity contribution < 1.29 is 9.53 Å². The monoisotopic (exact) mass is 326 g/mol. The van der Waals surface area contributed by atoms with Crippen molar-refractivity contribution in [1.29, 1.82) is 0 Å². The van der Waals surface area contributed by atoms with Crippen molar-refractivity contribution in [2.24, 2.45) is 0 Å². The van der Waals surface area contributed by atoms with E-state index in [9.17, 15) is 4.79 Å². The fourth-order valence-electron chi connectivity index (χ4n) is 2.86. The van der Waals surface area contributed by atoms with Crippen LogP contribution in [0.15, 0.2) is 42.9 Å². The summed E-state index contributed by atoms with van der Waals surface area (Å²) in [5.41, 5.74) is 1.84. The molecule has 0 atom stereocenters. The molecule has 6 nitrogen and oxygen atoms in total. The van der Waals surface area contributed by atoms with Crippen molar-refractivity contribution >= 4 is 5.91 Å². The third-order valence-corrected chi connectivity index (χ3v) is 4.20. The molecule has 1 saturated heterocycles. The summed E-state index contributed by atoms with van der Waals surface area (Å²) in [6.45, 7) is 2.18. The van der Waals surface area contributed by atoms with Crippen molar-refractivity contribution in [2.75, 3.05) is 26.7 Å². The standard InChI is InChI=1S/C18H22N4O2/c1-19-17(23)13-22-11-6-15(7-12-22)24-16-3-2-8-21-18(16)14-4-9-20-10-5-14/h2-5,8-10,15H,6-7,11-13H2,1H3,(H,19,23). The van der Waals surface area contributed by atoms with Crippen LogP contribution in [-0.2, 0) is 4.79 Å². The third kappa shape index (κ3) is 4.08. The first kappa shape index (κ1) is 16.4. The predicted octanol–water partition coefficient (Wildman–Crippen LogP) is 1.73. The summed E-state index contributed by atoms with van der Waals surface area (Å²) in [5, 5.41) is 2.66. The predicted molar refractivity (Wildman–Crippen MR) is 91.6 cm³/mol. The minimum absolute atomic E-state index is 0.0570. The van der Waals surface area contributed by atoms with Crippen LogP contribution in [0.4, 0.5) is 0 Å². The SMILES string of the molecule is CNC(=O)CN1CCC(Oc2cccnc2-c2ccncc2)CC1. The minimum Gasteiger partial charge on any atom is -0.488 e. The Morgan fingerprint density at radius 1 is 1.25 bits per heavy atom. The van der Waals surface area contributed by atoms with Crippen LogP contribution in [0, 0.1) is 0 Å². The first-order valence-electron chi connectivity index (χ1n) is 8.21. The number of ether oxygens (including phenoxy) is 1. The van der Waals surface area contributed by atoms with Gasteiger partial charge in [-0.2, -0.15) is 0 Å². The number of carbonyl (C=O) groups is 1. The molecule has 0 aliphatic carbocycles. The van der Waals surface area contributed by atoms with Gasteiger partial charge in [0.15, 0.2) is 0 Å². The lowest BCUT2D eigenvalue weighted by Gasteiger charge is -2.31. The molecule has 1 fully saturated rings. The van der Waals surface area contributed by atoms with E-state index >= 15 is 0 Å². The van der Waals surface area contributed by atoms with Crippen LogP contribution in [0.25, 0.3) is 11.3 Å². The molecule has 0 unspecified atom stereocenters. The third-order valence-electron chi connectivity index (χ3n) is 4.20. The second kappa shape index (κ2) is 7.88. The summed E-state index contributed by atoms with van der Waals surface area (Å²) in [6, 6.07) is 7.71. The molecule has 1 aliphatic heterocycles. The van der Waals surface area contributed by atoms with E-state index in [1.807, 2.05) is 24.3 Å². The van der Waals surface area contributed by atoms with Gasteiger partial charge in [-0.05, 0) is 37.1 Å². The summed E-state index contributed by atoms with van der Waals surface area (Å²) >= 11 is 0. The maximum absolute atomic E-state index is 11.5. The quantitative estimate of drug-likeness (QED) is 0.906. The van der Waals surface area contributed by atoms with Crippen LogP contribution in [-0.4, -0.2) is 53.6 Å². The molecule has 3 rings (SSSR count). The van der Waals surface area contributed by atoms with Gasteiger partial charge in [0.1, 0.15) is 17.5 Å². The Hall–Kier alpha value is -2.47. The Bertz CT molecular complexity index is 670. The summed E-state index contributed by atoms with van der Waals surface area (Å²) in [5.74, 6) is 0.857. The van der Waals surface area contributed by atoms with Crippen molar-refractivity contribution in [3.63, 3.8) is 0 Å². The average molecular weight is 326 g/mol. The number of amides is 1. The van der Waals surface area contributed by atoms with E-state index in [0.29, 0.717) is 6.54 Å². The van der Waals surface area contributed by atoms with Gasteiger partial charge in [-0.25, -0.2) is 0 Å². The topological polar surface area (TPSA) is 67.4 Å². The van der Waals surface area contributed by atoms with Gasteiger partial charge < -0.3 is 10.1 Å². The highest BCUT2D eigenvalue weighted by Crippen LogP contribution is 2.29. The van der Waals surface area contributed by atoms with E-state index in [2.05, 4.69) is 20.2 Å². The number of hydrogen-bond acceptors (Lipinski definition) is 5. The van der Waals surface area contributed by atoms with Crippen LogP contribution in [0.1, 0.15) is 12.8 Å². The minimum atomic E-state index is 0.0570. The van der Waals surface area contributed by atoms with Crippen molar-refractivity contribution in [3.05, 3.63) is 42.9 Å². The molecule has 0 spiro atoms. The Balaban J connectivity index is 1.63. The molecular weight excluding hydrogens is 304 g/mol. The number of piperidine rings is 1. The lowest BCUT2D eigenvalue weighted by molar-refractivity contribution is -0.122. The average Bonchev–Trinajstić information content (AvgIpc) is 2.64. The Labute approximate surface area is 141 Å². The number of nitrogens with one attached hydrogen (secondary N) is 1. The zero-order valence-corrected chi connectivity index (χ0v) is 13.8. The van der Waals surface area contributed by atoms with E-state index < -0.39 is 0 Å². The molecule has 0 saturated carbocycles. The number of hydrogen-bond donors (Lipinski definition) is 1. The molecule has 126 valence electrons. The van der Waals surface area contributed by atoms with E-state index in [1.165, 1.54) is 0 Å². The second-order valence-electron chi connectivity index (χ2n) is 5.85. The summed E-state index contributed by atoms with van der Waals surface area (Å²) in [4.78, 5) is 22.1. The van der Waals surface area contributed by atoms with Crippen molar-refractivity contribution in [2.45, 2.75) is 18.9 Å². The molecule has 3 heterocycles. The Kier molecular flexibility index (Phi) is 5.38. The molecule has 1 N–H and O–H groups in total. The number of aromatic nitrogens is 2. The van der Waals surface area contributed by atoms with Gasteiger partial charge in [-0.15, -0.1) is 0 Å². The molecule has 1 amide bonds. The van der Waals surface area contributed by atoms with E-state index in [4.69, 9.17) is 4.74 Å². The first-order valence-corrected chi connectivity index (χ1v) is 8.21. The van der Waals surface area contributed by atoms with Gasteiger partial charge in [-0.3, -0.25) is 19.7 Å². The summed E-state index contributed by atoms with van der Waals surface area (Å²) in [7, 11) is 1.67. The molecule has 0 radical (unpaired) electrons. The van der Waals surface area contributed by atoms with Gasteiger partial charge in [-0.1, -0.05) is 0 Å². The first-order chi connectivity index (χ1) is 11.8. The Morgan fingerprint density at radius 2 is 2.00 bits per heavy atom. The molecule has 0 bridgehead atoms. The van der Waals surface area contributed by atoms with Crippen molar-refractivity contribution in [1.82, 2.24) is 20.2 Å². The molecule has 24 heavy (non-hydrogen) atoms. The summed E-state index contributed by atoms with van der Waals surface area (Å²) < 4.78 is 6.21. The number of likely N-dealkylation sites (tertiary alicyclic amines) is 1. The zero-order valence-electron chi connectivity index (χ0n) is 13.8. The molecule has 0 aromatic carbocycles. The molecule has 6 heteroatoms. The second-order valence-corrected chi connectivity index (χ2v) is 5.85. The number of pyridine rings is 2. The van der Waals surface area contributed by atoms with Gasteiger partial charge in [0.05, 0.1) is 6.54 Å². The van der Waals surface area contributed by atoms with Crippen LogP contribution in [0.3, 0.4) is 0 Å². The van der Waals surface area contributed by atoms with Gasteiger partial charge in [0, 0.05) is 44.3 Å². The van der Waals surface area contributed by atoms with Crippen LogP contribution in [0.2, 0.25) is 0 Å². The normalized spacial score (nSPS) is 15.9. The zero-order chi connectivity index (χ0) is 16.8. The smallest absolute Gasteiger partial charge is 0.233 e. The maximum atomic E-state index is 11.5. The van der Waals surface area contributed by atoms with E-state index in [-0.39, 0.29) is 12.0 Å². The fourth-order valence-corrected chi connectivity index (χ4v) is 2.86. The highest BCUT2D eigenvalue weighted by atomic mass is 16.5. The lowest BCUT2D eigenvalue weighted by atomic mass is 10.1. The van der Waals surface area contributed by atoms with Crippen LogP contribution in [0.5, 0.6) is 5.75 Å². The molecule has 2 aromatic heterocycles.